The van der Waals surface area contributed by atoms with Crippen molar-refractivity contribution in [3.8, 4) is 0 Å². The summed E-state index contributed by atoms with van der Waals surface area (Å²) in [7, 11) is 0. The molecule has 0 nitrogen and oxygen atoms in total. The highest BCUT2D eigenvalue weighted by Gasteiger charge is 2.35. The Morgan fingerprint density at radius 3 is 2.53 bits per heavy atom. The van der Waals surface area contributed by atoms with Crippen LogP contribution in [-0.2, 0) is 0 Å². The molecule has 0 amide bonds. The molecule has 4 unspecified atom stereocenters. The SMILES string of the molecule is C1=CCC2CCCC3CCCCCC3C2C=C1. The molecule has 2 fully saturated rings. The Balaban J connectivity index is 1.83. The fourth-order valence-electron chi connectivity index (χ4n) is 4.56. The van der Waals surface area contributed by atoms with Crippen LogP contribution in [0.25, 0.3) is 0 Å². The molecule has 94 valence electrons. The molecular formula is C17H26. The van der Waals surface area contributed by atoms with Gasteiger partial charge in [0, 0.05) is 0 Å². The summed E-state index contributed by atoms with van der Waals surface area (Å²) in [5.41, 5.74) is 0. The minimum atomic E-state index is 0.899. The second-order valence-corrected chi connectivity index (χ2v) is 6.38. The number of rotatable bonds is 0. The van der Waals surface area contributed by atoms with Crippen LogP contribution < -0.4 is 0 Å². The normalized spacial score (nSPS) is 41.9. The molecule has 0 aromatic heterocycles. The summed E-state index contributed by atoms with van der Waals surface area (Å²) in [4.78, 5) is 0. The van der Waals surface area contributed by atoms with Gasteiger partial charge in [-0.2, -0.15) is 0 Å². The fourth-order valence-corrected chi connectivity index (χ4v) is 4.56. The molecule has 2 saturated carbocycles. The van der Waals surface area contributed by atoms with E-state index in [0.717, 1.165) is 23.7 Å². The number of hydrogen-bond donors (Lipinski definition) is 0. The van der Waals surface area contributed by atoms with Gasteiger partial charge >= 0.3 is 0 Å². The van der Waals surface area contributed by atoms with Crippen LogP contribution in [0.1, 0.15) is 57.8 Å². The van der Waals surface area contributed by atoms with E-state index in [9.17, 15) is 0 Å². The van der Waals surface area contributed by atoms with Gasteiger partial charge < -0.3 is 0 Å². The number of hydrogen-bond acceptors (Lipinski definition) is 0. The summed E-state index contributed by atoms with van der Waals surface area (Å²) >= 11 is 0. The molecule has 0 heteroatoms. The largest absolute Gasteiger partial charge is 0.0843 e. The van der Waals surface area contributed by atoms with Gasteiger partial charge in [0.1, 0.15) is 0 Å². The molecule has 0 aromatic carbocycles. The van der Waals surface area contributed by atoms with Crippen molar-refractivity contribution in [2.24, 2.45) is 23.7 Å². The van der Waals surface area contributed by atoms with Gasteiger partial charge in [-0.1, -0.05) is 62.8 Å². The molecule has 0 saturated heterocycles. The minimum absolute atomic E-state index is 0.899. The maximum atomic E-state index is 2.56. The van der Waals surface area contributed by atoms with Crippen LogP contribution in [0.15, 0.2) is 24.3 Å². The average Bonchev–Trinajstić information content (AvgIpc) is 2.72. The van der Waals surface area contributed by atoms with E-state index in [1.165, 1.54) is 57.8 Å². The highest BCUT2D eigenvalue weighted by Crippen LogP contribution is 2.45. The van der Waals surface area contributed by atoms with Crippen LogP contribution in [0.3, 0.4) is 0 Å². The van der Waals surface area contributed by atoms with Gasteiger partial charge in [0.2, 0.25) is 0 Å². The van der Waals surface area contributed by atoms with Gasteiger partial charge in [0.15, 0.2) is 0 Å². The van der Waals surface area contributed by atoms with Crippen molar-refractivity contribution in [2.75, 3.05) is 0 Å². The standard InChI is InChI=1S/C17H26/c1-3-8-14-10-7-11-15-9-4-2-6-13-17(15)16(14)12-5-1/h1,3,5,12,14-17H,2,4,6-11,13H2. The van der Waals surface area contributed by atoms with Crippen molar-refractivity contribution in [3.63, 3.8) is 0 Å². The summed E-state index contributed by atoms with van der Waals surface area (Å²) in [5.74, 6) is 3.92. The van der Waals surface area contributed by atoms with Crippen molar-refractivity contribution < 1.29 is 0 Å². The maximum absolute atomic E-state index is 2.56. The van der Waals surface area contributed by atoms with Gasteiger partial charge in [-0.3, -0.25) is 0 Å². The first-order chi connectivity index (χ1) is 8.45. The summed E-state index contributed by atoms with van der Waals surface area (Å²) in [6.07, 6.45) is 22.9. The zero-order chi connectivity index (χ0) is 11.5. The van der Waals surface area contributed by atoms with Crippen LogP contribution >= 0.6 is 0 Å². The lowest BCUT2D eigenvalue weighted by Gasteiger charge is -2.32. The minimum Gasteiger partial charge on any atom is -0.0843 e. The molecule has 3 aliphatic carbocycles. The van der Waals surface area contributed by atoms with E-state index in [1.54, 1.807) is 0 Å². The molecule has 0 radical (unpaired) electrons. The third-order valence-electron chi connectivity index (χ3n) is 5.43. The molecule has 0 bridgehead atoms. The predicted octanol–water partition coefficient (Wildman–Crippen LogP) is 5.12. The van der Waals surface area contributed by atoms with E-state index in [2.05, 4.69) is 24.3 Å². The lowest BCUT2D eigenvalue weighted by Crippen LogP contribution is -2.24. The molecule has 17 heavy (non-hydrogen) atoms. The third kappa shape index (κ3) is 2.51. The Kier molecular flexibility index (Phi) is 3.68. The van der Waals surface area contributed by atoms with Gasteiger partial charge in [0.05, 0.1) is 0 Å². The van der Waals surface area contributed by atoms with Gasteiger partial charge in [-0.15, -0.1) is 0 Å². The molecule has 3 rings (SSSR count). The second-order valence-electron chi connectivity index (χ2n) is 6.38. The Labute approximate surface area is 106 Å². The van der Waals surface area contributed by atoms with E-state index < -0.39 is 0 Å². The summed E-state index contributed by atoms with van der Waals surface area (Å²) in [6.45, 7) is 0. The maximum Gasteiger partial charge on any atom is -0.0168 e. The average molecular weight is 230 g/mol. The molecule has 0 heterocycles. The van der Waals surface area contributed by atoms with Crippen molar-refractivity contribution in [3.05, 3.63) is 24.3 Å². The third-order valence-corrected chi connectivity index (χ3v) is 5.43. The highest BCUT2D eigenvalue weighted by atomic mass is 14.4. The molecule has 3 aliphatic rings. The fraction of sp³-hybridized carbons (Fsp3) is 0.765. The predicted molar refractivity (Wildman–Crippen MR) is 73.8 cm³/mol. The first-order valence-electron chi connectivity index (χ1n) is 7.78. The van der Waals surface area contributed by atoms with Crippen LogP contribution in [0.2, 0.25) is 0 Å². The molecule has 4 atom stereocenters. The lowest BCUT2D eigenvalue weighted by atomic mass is 9.73. The first-order valence-corrected chi connectivity index (χ1v) is 7.78. The van der Waals surface area contributed by atoms with E-state index in [4.69, 9.17) is 0 Å². The second kappa shape index (κ2) is 5.42. The quantitative estimate of drug-likeness (QED) is 0.542. The molecule has 0 N–H and O–H groups in total. The van der Waals surface area contributed by atoms with E-state index >= 15 is 0 Å². The zero-order valence-electron chi connectivity index (χ0n) is 11.0. The van der Waals surface area contributed by atoms with Crippen molar-refractivity contribution in [1.29, 1.82) is 0 Å². The lowest BCUT2D eigenvalue weighted by molar-refractivity contribution is 0.209. The molecule has 0 aromatic rings. The smallest absolute Gasteiger partial charge is 0.0168 e. The van der Waals surface area contributed by atoms with E-state index in [0.29, 0.717) is 0 Å². The Morgan fingerprint density at radius 1 is 0.706 bits per heavy atom. The summed E-state index contributed by atoms with van der Waals surface area (Å²) in [5, 5.41) is 0. The van der Waals surface area contributed by atoms with Crippen LogP contribution in [0, 0.1) is 23.7 Å². The monoisotopic (exact) mass is 230 g/mol. The summed E-state index contributed by atoms with van der Waals surface area (Å²) in [6, 6.07) is 0. The Bertz CT molecular complexity index is 299. The first kappa shape index (κ1) is 11.6. The van der Waals surface area contributed by atoms with Gasteiger partial charge in [0.25, 0.3) is 0 Å². The Hall–Kier alpha value is -0.520. The van der Waals surface area contributed by atoms with Crippen LogP contribution in [-0.4, -0.2) is 0 Å². The Morgan fingerprint density at radius 2 is 1.53 bits per heavy atom. The topological polar surface area (TPSA) is 0 Å². The molecular weight excluding hydrogens is 204 g/mol. The van der Waals surface area contributed by atoms with E-state index in [-0.39, 0.29) is 0 Å². The zero-order valence-corrected chi connectivity index (χ0v) is 11.0. The molecule has 0 spiro atoms. The highest BCUT2D eigenvalue weighted by molar-refractivity contribution is 5.11. The van der Waals surface area contributed by atoms with Crippen LogP contribution in [0.5, 0.6) is 0 Å². The van der Waals surface area contributed by atoms with Crippen molar-refractivity contribution in [2.45, 2.75) is 57.8 Å². The van der Waals surface area contributed by atoms with Gasteiger partial charge in [-0.05, 0) is 42.9 Å². The number of fused-ring (bicyclic) bond motifs is 3. The number of allylic oxidation sites excluding steroid dienone is 4. The summed E-state index contributed by atoms with van der Waals surface area (Å²) < 4.78 is 0. The van der Waals surface area contributed by atoms with Crippen molar-refractivity contribution in [1.82, 2.24) is 0 Å². The van der Waals surface area contributed by atoms with Gasteiger partial charge in [-0.25, -0.2) is 0 Å². The van der Waals surface area contributed by atoms with Crippen LogP contribution in [0.4, 0.5) is 0 Å². The van der Waals surface area contributed by atoms with Crippen molar-refractivity contribution >= 4 is 0 Å². The molecule has 0 aliphatic heterocycles. The van der Waals surface area contributed by atoms with E-state index in [1.807, 2.05) is 0 Å².